The summed E-state index contributed by atoms with van der Waals surface area (Å²) < 4.78 is 0. The minimum atomic E-state index is -0.846. The highest BCUT2D eigenvalue weighted by Crippen LogP contribution is 2.11. The van der Waals surface area contributed by atoms with Gasteiger partial charge in [-0.2, -0.15) is 0 Å². The Balaban J connectivity index is 3.13. The lowest BCUT2D eigenvalue weighted by atomic mass is 10.1. The van der Waals surface area contributed by atoms with Crippen molar-refractivity contribution in [1.82, 2.24) is 0 Å². The average Bonchev–Trinajstić information content (AvgIpc) is 2.50. The summed E-state index contributed by atoms with van der Waals surface area (Å²) in [5.74, 6) is -0.846. The second kappa shape index (κ2) is 18.0. The Hall–Kier alpha value is -1.05. The number of carboxylic acid groups (broad SMARTS) is 1. The molecule has 2 nitrogen and oxygen atoms in total. The van der Waals surface area contributed by atoms with Crippen LogP contribution in [0.1, 0.15) is 96.8 Å². The van der Waals surface area contributed by atoms with E-state index in [4.69, 9.17) is 5.11 Å². The average molecular weight is 309 g/mol. The van der Waals surface area contributed by atoms with Crippen LogP contribution in [0.5, 0.6) is 0 Å². The molecule has 2 heteroatoms. The first-order valence-corrected chi connectivity index (χ1v) is 9.31. The summed E-state index contributed by atoms with van der Waals surface area (Å²) in [5.41, 5.74) is 0. The van der Waals surface area contributed by atoms with E-state index < -0.39 is 5.97 Å². The summed E-state index contributed by atoms with van der Waals surface area (Å²) in [4.78, 5) is 10.3. The van der Waals surface area contributed by atoms with Crippen molar-refractivity contribution in [3.8, 4) is 0 Å². The fraction of sp³-hybridized carbons (Fsp3) is 0.750. The van der Waals surface area contributed by atoms with Crippen LogP contribution in [-0.2, 0) is 4.79 Å². The molecule has 0 atom stereocenters. The van der Waals surface area contributed by atoms with Gasteiger partial charge in [0.2, 0.25) is 0 Å². The van der Waals surface area contributed by atoms with E-state index >= 15 is 0 Å². The van der Waals surface area contributed by atoms with E-state index in [2.05, 4.69) is 19.1 Å². The SMILES string of the molecule is CCCCCCCCCCCC=CCCCC/C=C\C(=O)O. The molecule has 0 radical (unpaired) electrons. The van der Waals surface area contributed by atoms with Gasteiger partial charge in [-0.05, 0) is 38.5 Å². The molecule has 0 saturated heterocycles. The van der Waals surface area contributed by atoms with Crippen molar-refractivity contribution in [2.45, 2.75) is 96.8 Å². The normalized spacial score (nSPS) is 11.7. The number of carboxylic acids is 1. The number of aliphatic carboxylic acids is 1. The van der Waals surface area contributed by atoms with Crippen LogP contribution in [0.3, 0.4) is 0 Å². The number of unbranched alkanes of at least 4 members (excludes halogenated alkanes) is 12. The van der Waals surface area contributed by atoms with E-state index in [0.717, 1.165) is 25.7 Å². The van der Waals surface area contributed by atoms with Gasteiger partial charge >= 0.3 is 5.97 Å². The van der Waals surface area contributed by atoms with Crippen LogP contribution in [0.15, 0.2) is 24.3 Å². The third-order valence-corrected chi connectivity index (χ3v) is 3.89. The molecule has 0 aromatic rings. The van der Waals surface area contributed by atoms with Crippen molar-refractivity contribution in [2.24, 2.45) is 0 Å². The molecule has 0 aromatic heterocycles. The first-order valence-electron chi connectivity index (χ1n) is 9.31. The lowest BCUT2D eigenvalue weighted by Gasteiger charge is -2.00. The molecule has 0 unspecified atom stereocenters. The first-order chi connectivity index (χ1) is 10.8. The highest BCUT2D eigenvalue weighted by molar-refractivity contribution is 5.79. The number of rotatable bonds is 16. The van der Waals surface area contributed by atoms with E-state index in [0.29, 0.717) is 0 Å². The molecule has 0 rings (SSSR count). The van der Waals surface area contributed by atoms with Gasteiger partial charge in [0.15, 0.2) is 0 Å². The zero-order valence-electron chi connectivity index (χ0n) is 14.6. The Kier molecular flexibility index (Phi) is 17.1. The number of carbonyl (C=O) groups is 1. The monoisotopic (exact) mass is 308 g/mol. The minimum Gasteiger partial charge on any atom is -0.478 e. The number of allylic oxidation sites excluding steroid dienone is 3. The second-order valence-corrected chi connectivity index (χ2v) is 6.11. The molecule has 0 aliphatic carbocycles. The topological polar surface area (TPSA) is 37.3 Å². The van der Waals surface area contributed by atoms with Gasteiger partial charge in [0, 0.05) is 6.08 Å². The summed E-state index contributed by atoms with van der Waals surface area (Å²) in [6.45, 7) is 2.27. The molecule has 0 aromatic carbocycles. The van der Waals surface area contributed by atoms with Crippen molar-refractivity contribution in [1.29, 1.82) is 0 Å². The molecular formula is C20H36O2. The lowest BCUT2D eigenvalue weighted by Crippen LogP contribution is -1.85. The summed E-state index contributed by atoms with van der Waals surface area (Å²) in [7, 11) is 0. The van der Waals surface area contributed by atoms with Crippen LogP contribution in [0.25, 0.3) is 0 Å². The largest absolute Gasteiger partial charge is 0.478 e. The molecule has 0 fully saturated rings. The van der Waals surface area contributed by atoms with Crippen molar-refractivity contribution in [2.75, 3.05) is 0 Å². The smallest absolute Gasteiger partial charge is 0.327 e. The molecule has 0 amide bonds. The van der Waals surface area contributed by atoms with Crippen molar-refractivity contribution in [3.05, 3.63) is 24.3 Å². The quantitative estimate of drug-likeness (QED) is 0.196. The number of hydrogen-bond donors (Lipinski definition) is 1. The highest BCUT2D eigenvalue weighted by atomic mass is 16.4. The predicted molar refractivity (Wildman–Crippen MR) is 96.2 cm³/mol. The van der Waals surface area contributed by atoms with Crippen LogP contribution in [0.2, 0.25) is 0 Å². The van der Waals surface area contributed by atoms with Crippen LogP contribution in [0, 0.1) is 0 Å². The summed E-state index contributed by atoms with van der Waals surface area (Å²) >= 11 is 0. The zero-order valence-corrected chi connectivity index (χ0v) is 14.6. The minimum absolute atomic E-state index is 0.846. The van der Waals surface area contributed by atoms with Gasteiger partial charge in [0.25, 0.3) is 0 Å². The maximum Gasteiger partial charge on any atom is 0.327 e. The summed E-state index contributed by atoms with van der Waals surface area (Å²) in [5, 5.41) is 8.44. The van der Waals surface area contributed by atoms with Crippen LogP contribution < -0.4 is 0 Å². The van der Waals surface area contributed by atoms with Crippen molar-refractivity contribution < 1.29 is 9.90 Å². The Morgan fingerprint density at radius 2 is 1.09 bits per heavy atom. The van der Waals surface area contributed by atoms with Gasteiger partial charge in [-0.15, -0.1) is 0 Å². The molecule has 0 spiro atoms. The summed E-state index contributed by atoms with van der Waals surface area (Å²) in [6, 6.07) is 0. The molecule has 0 saturated carbocycles. The van der Waals surface area contributed by atoms with Crippen LogP contribution in [0.4, 0.5) is 0 Å². The molecule has 0 heterocycles. The molecule has 1 N–H and O–H groups in total. The van der Waals surface area contributed by atoms with E-state index in [1.54, 1.807) is 6.08 Å². The van der Waals surface area contributed by atoms with E-state index in [1.165, 1.54) is 70.3 Å². The van der Waals surface area contributed by atoms with Gasteiger partial charge in [-0.25, -0.2) is 4.79 Å². The fourth-order valence-corrected chi connectivity index (χ4v) is 2.52. The highest BCUT2D eigenvalue weighted by Gasteiger charge is 1.91. The molecule has 0 bridgehead atoms. The second-order valence-electron chi connectivity index (χ2n) is 6.11. The molecule has 0 aliphatic heterocycles. The molecular weight excluding hydrogens is 272 g/mol. The van der Waals surface area contributed by atoms with Gasteiger partial charge in [-0.1, -0.05) is 76.5 Å². The van der Waals surface area contributed by atoms with E-state index in [1.807, 2.05) is 0 Å². The van der Waals surface area contributed by atoms with Gasteiger partial charge in [0.05, 0.1) is 0 Å². The first kappa shape index (κ1) is 20.9. The predicted octanol–water partition coefficient (Wildman–Crippen LogP) is 6.66. The van der Waals surface area contributed by atoms with E-state index in [9.17, 15) is 4.79 Å². The molecule has 128 valence electrons. The van der Waals surface area contributed by atoms with Crippen molar-refractivity contribution >= 4 is 5.97 Å². The number of hydrogen-bond acceptors (Lipinski definition) is 1. The maximum atomic E-state index is 10.3. The Morgan fingerprint density at radius 3 is 1.59 bits per heavy atom. The maximum absolute atomic E-state index is 10.3. The Morgan fingerprint density at radius 1 is 0.682 bits per heavy atom. The Bertz CT molecular complexity index is 292. The van der Waals surface area contributed by atoms with E-state index in [-0.39, 0.29) is 0 Å². The standard InChI is InChI=1S/C20H36O2/c1-2-3-4-5-6-7-8-9-10-11-12-13-14-15-16-17-18-19-20(21)22/h12-13,18-19H,2-11,14-17H2,1H3,(H,21,22)/b13-12?,19-18-. The lowest BCUT2D eigenvalue weighted by molar-refractivity contribution is -0.131. The third-order valence-electron chi connectivity index (χ3n) is 3.89. The van der Waals surface area contributed by atoms with Gasteiger partial charge < -0.3 is 5.11 Å². The molecule has 0 aliphatic rings. The zero-order chi connectivity index (χ0) is 16.3. The summed E-state index contributed by atoms with van der Waals surface area (Å²) in [6.07, 6.45) is 25.5. The van der Waals surface area contributed by atoms with Gasteiger partial charge in [-0.3, -0.25) is 0 Å². The third kappa shape index (κ3) is 18.9. The molecule has 22 heavy (non-hydrogen) atoms. The van der Waals surface area contributed by atoms with Gasteiger partial charge in [0.1, 0.15) is 0 Å². The van der Waals surface area contributed by atoms with Crippen molar-refractivity contribution in [3.63, 3.8) is 0 Å². The van der Waals surface area contributed by atoms with Crippen LogP contribution >= 0.6 is 0 Å². The Labute approximate surface area is 137 Å². The fourth-order valence-electron chi connectivity index (χ4n) is 2.52. The van der Waals surface area contributed by atoms with Crippen LogP contribution in [-0.4, -0.2) is 11.1 Å².